The molecule has 2 rings (SSSR count). The third kappa shape index (κ3) is 4.81. The van der Waals surface area contributed by atoms with E-state index in [1.165, 1.54) is 11.6 Å². The maximum Gasteiger partial charge on any atom is 0.249 e. The Kier molecular flexibility index (Phi) is 5.14. The van der Waals surface area contributed by atoms with E-state index >= 15 is 0 Å². The summed E-state index contributed by atoms with van der Waals surface area (Å²) in [5, 5.41) is 2.72. The van der Waals surface area contributed by atoms with E-state index in [9.17, 15) is 4.79 Å². The molecule has 22 heavy (non-hydrogen) atoms. The number of benzene rings is 1. The number of nitrogens with zero attached hydrogens (tertiary/aromatic N) is 1. The molecule has 1 aromatic heterocycles. The molecular weight excluding hydrogens is 340 g/mol. The fourth-order valence-corrected chi connectivity index (χ4v) is 2.12. The number of aromatic nitrogens is 1. The zero-order chi connectivity index (χ0) is 16.2. The van der Waals surface area contributed by atoms with Gasteiger partial charge in [0.05, 0.1) is 0 Å². The van der Waals surface area contributed by atoms with Crippen LogP contribution in [0.3, 0.4) is 0 Å². The average Bonchev–Trinajstić information content (AvgIpc) is 2.47. The number of halogens is 1. The van der Waals surface area contributed by atoms with E-state index in [1.807, 2.05) is 18.2 Å². The van der Waals surface area contributed by atoms with E-state index in [1.54, 1.807) is 18.3 Å². The minimum Gasteiger partial charge on any atom is -0.307 e. The van der Waals surface area contributed by atoms with Crippen molar-refractivity contribution in [2.24, 2.45) is 0 Å². The monoisotopic (exact) mass is 358 g/mol. The summed E-state index contributed by atoms with van der Waals surface area (Å²) in [7, 11) is 0. The van der Waals surface area contributed by atoms with E-state index < -0.39 is 0 Å². The van der Waals surface area contributed by atoms with E-state index in [0.717, 1.165) is 10.0 Å². The van der Waals surface area contributed by atoms with Gasteiger partial charge in [0.25, 0.3) is 0 Å². The van der Waals surface area contributed by atoms with Crippen molar-refractivity contribution in [1.82, 2.24) is 4.98 Å². The van der Waals surface area contributed by atoms with Crippen molar-refractivity contribution < 1.29 is 4.79 Å². The quantitative estimate of drug-likeness (QED) is 0.801. The molecule has 0 radical (unpaired) electrons. The fourth-order valence-electron chi connectivity index (χ4n) is 1.88. The molecule has 1 aromatic carbocycles. The number of nitrogens with one attached hydrogen (secondary N) is 1. The van der Waals surface area contributed by atoms with Gasteiger partial charge in [0, 0.05) is 16.7 Å². The van der Waals surface area contributed by atoms with Crippen molar-refractivity contribution in [3.8, 4) is 0 Å². The minimum atomic E-state index is -0.199. The van der Waals surface area contributed by atoms with Gasteiger partial charge in [0.2, 0.25) is 5.91 Å². The summed E-state index contributed by atoms with van der Waals surface area (Å²) in [5.74, 6) is 0.329. The van der Waals surface area contributed by atoms with Crippen molar-refractivity contribution in [3.63, 3.8) is 0 Å². The number of carbonyl (C=O) groups is 1. The lowest BCUT2D eigenvalue weighted by molar-refractivity contribution is -0.111. The summed E-state index contributed by atoms with van der Waals surface area (Å²) >= 11 is 3.30. The van der Waals surface area contributed by atoms with Gasteiger partial charge in [0.15, 0.2) is 0 Å². The molecule has 0 spiro atoms. The third-order valence-electron chi connectivity index (χ3n) is 3.18. The zero-order valence-electron chi connectivity index (χ0n) is 12.9. The van der Waals surface area contributed by atoms with E-state index in [-0.39, 0.29) is 11.3 Å². The van der Waals surface area contributed by atoms with Gasteiger partial charge in [0.1, 0.15) is 5.82 Å². The Labute approximate surface area is 139 Å². The van der Waals surface area contributed by atoms with Crippen LogP contribution in [0.1, 0.15) is 31.9 Å². The normalized spacial score (nSPS) is 11.6. The lowest BCUT2D eigenvalue weighted by atomic mass is 9.87. The number of rotatable bonds is 3. The Morgan fingerprint density at radius 1 is 1.14 bits per heavy atom. The largest absolute Gasteiger partial charge is 0.307 e. The molecule has 1 heterocycles. The predicted octanol–water partition coefficient (Wildman–Crippen LogP) is 4.79. The molecule has 3 nitrogen and oxygen atoms in total. The molecule has 0 unspecified atom stereocenters. The molecule has 0 atom stereocenters. The highest BCUT2D eigenvalue weighted by molar-refractivity contribution is 9.10. The van der Waals surface area contributed by atoms with Crippen molar-refractivity contribution in [2.45, 2.75) is 26.2 Å². The Morgan fingerprint density at radius 2 is 1.82 bits per heavy atom. The van der Waals surface area contributed by atoms with Crippen LogP contribution in [-0.4, -0.2) is 10.9 Å². The molecule has 0 aliphatic carbocycles. The second-order valence-corrected chi connectivity index (χ2v) is 6.97. The summed E-state index contributed by atoms with van der Waals surface area (Å²) in [6.45, 7) is 6.53. The topological polar surface area (TPSA) is 42.0 Å². The number of hydrogen-bond donors (Lipinski definition) is 1. The maximum atomic E-state index is 11.8. The zero-order valence-corrected chi connectivity index (χ0v) is 14.5. The van der Waals surface area contributed by atoms with Crippen molar-refractivity contribution in [2.75, 3.05) is 5.32 Å². The first-order valence-electron chi connectivity index (χ1n) is 7.06. The summed E-state index contributed by atoms with van der Waals surface area (Å²) < 4.78 is 0.875. The second kappa shape index (κ2) is 6.88. The lowest BCUT2D eigenvalue weighted by Crippen LogP contribution is -2.10. The van der Waals surface area contributed by atoms with Gasteiger partial charge >= 0.3 is 0 Å². The molecule has 0 bridgehead atoms. The highest BCUT2D eigenvalue weighted by atomic mass is 79.9. The predicted molar refractivity (Wildman–Crippen MR) is 94.7 cm³/mol. The van der Waals surface area contributed by atoms with E-state index in [2.05, 4.69) is 59.1 Å². The Hall–Kier alpha value is -1.94. The summed E-state index contributed by atoms with van der Waals surface area (Å²) in [4.78, 5) is 15.9. The van der Waals surface area contributed by atoms with Crippen LogP contribution in [0.2, 0.25) is 0 Å². The Balaban J connectivity index is 1.99. The molecule has 0 aliphatic rings. The Bertz CT molecular complexity index is 668. The van der Waals surface area contributed by atoms with Gasteiger partial charge in [-0.25, -0.2) is 4.98 Å². The lowest BCUT2D eigenvalue weighted by Gasteiger charge is -2.18. The van der Waals surface area contributed by atoms with Crippen LogP contribution in [0.5, 0.6) is 0 Å². The Morgan fingerprint density at radius 3 is 2.36 bits per heavy atom. The summed E-state index contributed by atoms with van der Waals surface area (Å²) in [6.07, 6.45) is 4.95. The van der Waals surface area contributed by atoms with Crippen LogP contribution in [0.15, 0.2) is 53.1 Å². The summed E-state index contributed by atoms with van der Waals surface area (Å²) in [6, 6.07) is 11.8. The molecule has 4 heteroatoms. The number of hydrogen-bond acceptors (Lipinski definition) is 2. The van der Waals surface area contributed by atoms with E-state index in [4.69, 9.17) is 0 Å². The number of carbonyl (C=O) groups excluding carboxylic acids is 1. The third-order valence-corrected chi connectivity index (χ3v) is 3.65. The summed E-state index contributed by atoms with van der Waals surface area (Å²) in [5.41, 5.74) is 2.40. The van der Waals surface area contributed by atoms with Crippen LogP contribution in [0, 0.1) is 0 Å². The molecule has 114 valence electrons. The molecule has 0 aliphatic heterocycles. The van der Waals surface area contributed by atoms with Crippen LogP contribution in [-0.2, 0) is 10.2 Å². The smallest absolute Gasteiger partial charge is 0.249 e. The highest BCUT2D eigenvalue weighted by Gasteiger charge is 2.12. The van der Waals surface area contributed by atoms with Crippen LogP contribution >= 0.6 is 15.9 Å². The molecule has 0 fully saturated rings. The first-order valence-corrected chi connectivity index (χ1v) is 7.85. The van der Waals surface area contributed by atoms with Gasteiger partial charge in [-0.2, -0.15) is 0 Å². The van der Waals surface area contributed by atoms with Gasteiger partial charge < -0.3 is 5.32 Å². The molecule has 2 aromatic rings. The molecule has 1 amide bonds. The van der Waals surface area contributed by atoms with Crippen LogP contribution in [0.4, 0.5) is 5.82 Å². The average molecular weight is 359 g/mol. The molecule has 0 saturated carbocycles. The molecular formula is C18H19BrN2O. The second-order valence-electron chi connectivity index (χ2n) is 6.06. The highest BCUT2D eigenvalue weighted by Crippen LogP contribution is 2.22. The number of pyridine rings is 1. The van der Waals surface area contributed by atoms with Crippen LogP contribution in [0.25, 0.3) is 6.08 Å². The first kappa shape index (κ1) is 16.4. The van der Waals surface area contributed by atoms with Crippen molar-refractivity contribution >= 4 is 33.7 Å². The molecule has 1 N–H and O–H groups in total. The fraction of sp³-hybridized carbons (Fsp3) is 0.222. The van der Waals surface area contributed by atoms with Gasteiger partial charge in [-0.1, -0.05) is 45.0 Å². The standard InChI is InChI=1S/C18H19BrN2O/c1-18(2,3)14-7-4-13(5-8-14)6-11-17(22)21-16-10-9-15(19)12-20-16/h4-12H,1-3H3,(H,20,21,22)/b11-6+. The van der Waals surface area contributed by atoms with Crippen LogP contribution < -0.4 is 5.32 Å². The minimum absolute atomic E-state index is 0.132. The van der Waals surface area contributed by atoms with Gasteiger partial charge in [-0.05, 0) is 50.7 Å². The number of anilines is 1. The number of amides is 1. The maximum absolute atomic E-state index is 11.8. The van der Waals surface area contributed by atoms with Gasteiger partial charge in [-0.15, -0.1) is 0 Å². The SMILES string of the molecule is CC(C)(C)c1ccc(/C=C/C(=O)Nc2ccc(Br)cn2)cc1. The van der Waals surface area contributed by atoms with Gasteiger partial charge in [-0.3, -0.25) is 4.79 Å². The van der Waals surface area contributed by atoms with Crippen molar-refractivity contribution in [3.05, 3.63) is 64.3 Å². The van der Waals surface area contributed by atoms with Crippen molar-refractivity contribution in [1.29, 1.82) is 0 Å². The molecule has 0 saturated heterocycles. The first-order chi connectivity index (χ1) is 10.3. The van der Waals surface area contributed by atoms with E-state index in [0.29, 0.717) is 5.82 Å².